The summed E-state index contributed by atoms with van der Waals surface area (Å²) in [6.07, 6.45) is 3.70. The average Bonchev–Trinajstić information content (AvgIpc) is 3.09. The molecule has 2 heterocycles. The van der Waals surface area contributed by atoms with E-state index in [2.05, 4.69) is 77.2 Å². The van der Waals surface area contributed by atoms with Gasteiger partial charge in [-0.05, 0) is 41.6 Å². The molecule has 3 heteroatoms. The Kier molecular flexibility index (Phi) is 4.43. The fourth-order valence-electron chi connectivity index (χ4n) is 2.46. The Hall–Kier alpha value is -1.97. The molecule has 2 nitrogen and oxygen atoms in total. The van der Waals surface area contributed by atoms with Crippen LogP contribution in [-0.2, 0) is 0 Å². The van der Waals surface area contributed by atoms with Gasteiger partial charge in [-0.15, -0.1) is 11.3 Å². The fraction of sp³-hybridized carbons (Fsp3) is 0.167. The maximum atomic E-state index is 4.12. The second-order valence-corrected chi connectivity index (χ2v) is 6.01. The Bertz CT molecular complexity index is 611. The minimum absolute atomic E-state index is 0.172. The molecule has 3 aromatic rings. The standard InChI is InChI=1S/C18H18N2S/c1-14(17-8-5-13-21-17)20-18(15-6-3-2-4-7-15)16-9-11-19-12-10-16/h2-14,18,20H,1H3/t14-,18?/m1/s1. The molecule has 0 spiro atoms. The predicted molar refractivity (Wildman–Crippen MR) is 88.4 cm³/mol. The van der Waals surface area contributed by atoms with Gasteiger partial charge in [-0.3, -0.25) is 10.3 Å². The number of benzene rings is 1. The Balaban J connectivity index is 1.90. The molecule has 2 atom stereocenters. The molecule has 0 bridgehead atoms. The third-order valence-corrected chi connectivity index (χ3v) is 4.61. The number of aromatic nitrogens is 1. The minimum atomic E-state index is 0.172. The zero-order chi connectivity index (χ0) is 14.5. The predicted octanol–water partition coefficient (Wildman–Crippen LogP) is 4.58. The highest BCUT2D eigenvalue weighted by Gasteiger charge is 2.17. The summed E-state index contributed by atoms with van der Waals surface area (Å²) in [5.74, 6) is 0. The Morgan fingerprint density at radius 3 is 2.29 bits per heavy atom. The first-order valence-corrected chi connectivity index (χ1v) is 7.97. The van der Waals surface area contributed by atoms with E-state index in [1.54, 1.807) is 11.3 Å². The van der Waals surface area contributed by atoms with Gasteiger partial charge in [0.15, 0.2) is 0 Å². The van der Waals surface area contributed by atoms with Crippen molar-refractivity contribution in [1.29, 1.82) is 0 Å². The normalized spacial score (nSPS) is 13.8. The van der Waals surface area contributed by atoms with E-state index in [-0.39, 0.29) is 6.04 Å². The summed E-state index contributed by atoms with van der Waals surface area (Å²) >= 11 is 1.79. The molecule has 1 aromatic carbocycles. The Morgan fingerprint density at radius 1 is 0.905 bits per heavy atom. The van der Waals surface area contributed by atoms with Crippen LogP contribution in [0, 0.1) is 0 Å². The molecule has 0 saturated heterocycles. The topological polar surface area (TPSA) is 24.9 Å². The lowest BCUT2D eigenvalue weighted by atomic mass is 9.98. The molecular formula is C18H18N2S. The maximum absolute atomic E-state index is 4.12. The molecule has 0 amide bonds. The lowest BCUT2D eigenvalue weighted by molar-refractivity contribution is 0.522. The second kappa shape index (κ2) is 6.66. The van der Waals surface area contributed by atoms with E-state index in [0.717, 1.165) is 0 Å². The molecule has 0 saturated carbocycles. The molecule has 1 N–H and O–H groups in total. The number of hydrogen-bond donors (Lipinski definition) is 1. The van der Waals surface area contributed by atoms with Crippen LogP contribution in [0.2, 0.25) is 0 Å². The average molecular weight is 294 g/mol. The Labute approximate surface area is 129 Å². The first kappa shape index (κ1) is 14.0. The van der Waals surface area contributed by atoms with Crippen LogP contribution in [0.25, 0.3) is 0 Å². The molecule has 1 unspecified atom stereocenters. The van der Waals surface area contributed by atoms with E-state index in [4.69, 9.17) is 0 Å². The van der Waals surface area contributed by atoms with Crippen LogP contribution in [0.4, 0.5) is 0 Å². The summed E-state index contributed by atoms with van der Waals surface area (Å²) in [4.78, 5) is 5.48. The van der Waals surface area contributed by atoms with Crippen molar-refractivity contribution in [3.8, 4) is 0 Å². The van der Waals surface area contributed by atoms with E-state index in [1.807, 2.05) is 12.4 Å². The number of rotatable bonds is 5. The summed E-state index contributed by atoms with van der Waals surface area (Å²) in [5.41, 5.74) is 2.51. The zero-order valence-corrected chi connectivity index (χ0v) is 12.8. The molecule has 0 aliphatic rings. The lowest BCUT2D eigenvalue weighted by Crippen LogP contribution is -2.25. The summed E-state index contributed by atoms with van der Waals surface area (Å²) in [5, 5.41) is 5.86. The molecule has 106 valence electrons. The van der Waals surface area contributed by atoms with E-state index in [1.165, 1.54) is 16.0 Å². The van der Waals surface area contributed by atoms with Crippen molar-refractivity contribution in [2.75, 3.05) is 0 Å². The van der Waals surface area contributed by atoms with Crippen LogP contribution in [0.15, 0.2) is 72.4 Å². The van der Waals surface area contributed by atoms with Crippen LogP contribution in [-0.4, -0.2) is 4.98 Å². The molecule has 0 fully saturated rings. The van der Waals surface area contributed by atoms with Crippen LogP contribution in [0.3, 0.4) is 0 Å². The highest BCUT2D eigenvalue weighted by atomic mass is 32.1. The molecule has 2 aromatic heterocycles. The highest BCUT2D eigenvalue weighted by Crippen LogP contribution is 2.27. The van der Waals surface area contributed by atoms with Gasteiger partial charge in [0.2, 0.25) is 0 Å². The Morgan fingerprint density at radius 2 is 1.62 bits per heavy atom. The van der Waals surface area contributed by atoms with Crippen LogP contribution < -0.4 is 5.32 Å². The van der Waals surface area contributed by atoms with E-state index < -0.39 is 0 Å². The smallest absolute Gasteiger partial charge is 0.0582 e. The van der Waals surface area contributed by atoms with Gasteiger partial charge in [0.1, 0.15) is 0 Å². The van der Waals surface area contributed by atoms with Crippen molar-refractivity contribution < 1.29 is 0 Å². The number of thiophene rings is 1. The third-order valence-electron chi connectivity index (χ3n) is 3.56. The number of nitrogens with zero attached hydrogens (tertiary/aromatic N) is 1. The minimum Gasteiger partial charge on any atom is -0.299 e. The van der Waals surface area contributed by atoms with Crippen molar-refractivity contribution in [3.05, 3.63) is 88.4 Å². The number of hydrogen-bond acceptors (Lipinski definition) is 3. The van der Waals surface area contributed by atoms with Crippen molar-refractivity contribution in [2.24, 2.45) is 0 Å². The van der Waals surface area contributed by atoms with Gasteiger partial charge < -0.3 is 0 Å². The second-order valence-electron chi connectivity index (χ2n) is 5.03. The van der Waals surface area contributed by atoms with Crippen molar-refractivity contribution >= 4 is 11.3 Å². The number of pyridine rings is 1. The summed E-state index contributed by atoms with van der Waals surface area (Å²) in [7, 11) is 0. The first-order chi connectivity index (χ1) is 10.3. The zero-order valence-electron chi connectivity index (χ0n) is 11.9. The quantitative estimate of drug-likeness (QED) is 0.745. The molecule has 0 aliphatic heterocycles. The van der Waals surface area contributed by atoms with E-state index in [9.17, 15) is 0 Å². The van der Waals surface area contributed by atoms with Gasteiger partial charge in [-0.2, -0.15) is 0 Å². The summed E-state index contributed by atoms with van der Waals surface area (Å²) in [6, 6.07) is 19.5. The molecule has 3 rings (SSSR count). The molecular weight excluding hydrogens is 276 g/mol. The largest absolute Gasteiger partial charge is 0.299 e. The van der Waals surface area contributed by atoms with Crippen LogP contribution >= 0.6 is 11.3 Å². The van der Waals surface area contributed by atoms with Gasteiger partial charge >= 0.3 is 0 Å². The van der Waals surface area contributed by atoms with Gasteiger partial charge in [0.05, 0.1) is 6.04 Å². The van der Waals surface area contributed by atoms with E-state index >= 15 is 0 Å². The number of nitrogens with one attached hydrogen (secondary N) is 1. The van der Waals surface area contributed by atoms with Crippen LogP contribution in [0.5, 0.6) is 0 Å². The highest BCUT2D eigenvalue weighted by molar-refractivity contribution is 7.10. The van der Waals surface area contributed by atoms with Gasteiger partial charge in [-0.25, -0.2) is 0 Å². The lowest BCUT2D eigenvalue weighted by Gasteiger charge is -2.23. The van der Waals surface area contributed by atoms with Crippen molar-refractivity contribution in [3.63, 3.8) is 0 Å². The fourth-order valence-corrected chi connectivity index (χ4v) is 3.20. The van der Waals surface area contributed by atoms with Gasteiger partial charge in [0, 0.05) is 23.3 Å². The van der Waals surface area contributed by atoms with Crippen molar-refractivity contribution in [2.45, 2.75) is 19.0 Å². The molecule has 0 aliphatic carbocycles. The molecule has 21 heavy (non-hydrogen) atoms. The SMILES string of the molecule is C[C@@H](NC(c1ccccc1)c1ccncc1)c1cccs1. The van der Waals surface area contributed by atoms with Crippen molar-refractivity contribution in [1.82, 2.24) is 10.3 Å². The van der Waals surface area contributed by atoms with E-state index in [0.29, 0.717) is 6.04 Å². The molecule has 0 radical (unpaired) electrons. The van der Waals surface area contributed by atoms with Gasteiger partial charge in [0.25, 0.3) is 0 Å². The first-order valence-electron chi connectivity index (χ1n) is 7.09. The summed E-state index contributed by atoms with van der Waals surface area (Å²) in [6.45, 7) is 2.21. The summed E-state index contributed by atoms with van der Waals surface area (Å²) < 4.78 is 0. The monoisotopic (exact) mass is 294 g/mol. The third kappa shape index (κ3) is 3.38. The van der Waals surface area contributed by atoms with Crippen LogP contribution in [0.1, 0.15) is 35.0 Å². The van der Waals surface area contributed by atoms with Gasteiger partial charge in [-0.1, -0.05) is 36.4 Å². The maximum Gasteiger partial charge on any atom is 0.0582 e.